The number of esters is 1. The average Bonchev–Trinajstić information content (AvgIpc) is 2.72. The van der Waals surface area contributed by atoms with Gasteiger partial charge in [0, 0.05) is 19.6 Å². The van der Waals surface area contributed by atoms with Crippen LogP contribution in [0.2, 0.25) is 0 Å². The lowest BCUT2D eigenvalue weighted by molar-refractivity contribution is -0.144. The monoisotopic (exact) mass is 312 g/mol. The molecule has 2 rings (SSSR count). The van der Waals surface area contributed by atoms with Gasteiger partial charge in [-0.2, -0.15) is 17.0 Å². The van der Waals surface area contributed by atoms with E-state index >= 15 is 0 Å². The SMILES string of the molecule is CCCN1C[C@@H](C(=O)OC)N(Cc2ccccc2)S1(=O)=O. The number of benzene rings is 1. The summed E-state index contributed by atoms with van der Waals surface area (Å²) >= 11 is 0. The van der Waals surface area contributed by atoms with E-state index in [-0.39, 0.29) is 13.1 Å². The van der Waals surface area contributed by atoms with Gasteiger partial charge in [-0.25, -0.2) is 0 Å². The Hall–Kier alpha value is -1.44. The molecule has 0 amide bonds. The Kier molecular flexibility index (Phi) is 4.97. The highest BCUT2D eigenvalue weighted by molar-refractivity contribution is 7.87. The van der Waals surface area contributed by atoms with Crippen molar-refractivity contribution in [2.45, 2.75) is 25.9 Å². The molecule has 7 heteroatoms. The summed E-state index contributed by atoms with van der Waals surface area (Å²) in [6, 6.07) is 8.44. The highest BCUT2D eigenvalue weighted by Crippen LogP contribution is 2.25. The molecule has 1 aromatic rings. The normalized spacial score (nSPS) is 22.3. The van der Waals surface area contributed by atoms with Crippen molar-refractivity contribution < 1.29 is 17.9 Å². The average molecular weight is 312 g/mol. The first-order valence-electron chi connectivity index (χ1n) is 6.89. The summed E-state index contributed by atoms with van der Waals surface area (Å²) in [6.07, 6.45) is 0.701. The molecule has 1 aromatic carbocycles. The minimum absolute atomic E-state index is 0.148. The predicted molar refractivity (Wildman–Crippen MR) is 78.6 cm³/mol. The summed E-state index contributed by atoms with van der Waals surface area (Å²) in [5.41, 5.74) is 0.841. The number of rotatable bonds is 5. The van der Waals surface area contributed by atoms with Crippen LogP contribution in [0.1, 0.15) is 18.9 Å². The smallest absolute Gasteiger partial charge is 0.325 e. The Labute approximate surface area is 125 Å². The summed E-state index contributed by atoms with van der Waals surface area (Å²) in [5.74, 6) is -0.520. The molecule has 0 unspecified atom stereocenters. The van der Waals surface area contributed by atoms with Crippen LogP contribution in [0.15, 0.2) is 30.3 Å². The Morgan fingerprint density at radius 2 is 2.00 bits per heavy atom. The largest absolute Gasteiger partial charge is 0.468 e. The Morgan fingerprint density at radius 1 is 1.33 bits per heavy atom. The van der Waals surface area contributed by atoms with Gasteiger partial charge in [0.05, 0.1) is 7.11 Å². The molecule has 1 aliphatic heterocycles. The zero-order chi connectivity index (χ0) is 15.5. The van der Waals surface area contributed by atoms with E-state index in [2.05, 4.69) is 0 Å². The van der Waals surface area contributed by atoms with Crippen molar-refractivity contribution in [1.29, 1.82) is 0 Å². The first-order valence-corrected chi connectivity index (χ1v) is 8.29. The Bertz CT molecular complexity index is 588. The molecular formula is C14H20N2O4S. The molecule has 0 bridgehead atoms. The molecule has 0 saturated carbocycles. The lowest BCUT2D eigenvalue weighted by atomic mass is 10.2. The molecule has 0 radical (unpaired) electrons. The highest BCUT2D eigenvalue weighted by atomic mass is 32.2. The minimum Gasteiger partial charge on any atom is -0.468 e. The molecule has 1 fully saturated rings. The second kappa shape index (κ2) is 6.55. The van der Waals surface area contributed by atoms with E-state index in [4.69, 9.17) is 4.74 Å². The number of hydrogen-bond donors (Lipinski definition) is 0. The molecule has 21 heavy (non-hydrogen) atoms. The molecule has 1 atom stereocenters. The van der Waals surface area contributed by atoms with Gasteiger partial charge in [-0.1, -0.05) is 37.3 Å². The van der Waals surface area contributed by atoms with Gasteiger partial charge in [-0.05, 0) is 12.0 Å². The zero-order valence-electron chi connectivity index (χ0n) is 12.2. The number of carbonyl (C=O) groups is 1. The van der Waals surface area contributed by atoms with Gasteiger partial charge in [0.15, 0.2) is 0 Å². The molecule has 6 nitrogen and oxygen atoms in total. The van der Waals surface area contributed by atoms with Crippen LogP contribution >= 0.6 is 0 Å². The number of nitrogens with zero attached hydrogens (tertiary/aromatic N) is 2. The van der Waals surface area contributed by atoms with E-state index in [0.29, 0.717) is 13.0 Å². The maximum absolute atomic E-state index is 12.6. The lowest BCUT2D eigenvalue weighted by Crippen LogP contribution is -2.40. The summed E-state index contributed by atoms with van der Waals surface area (Å²) in [6.45, 7) is 2.63. The van der Waals surface area contributed by atoms with Crippen LogP contribution in [-0.2, 0) is 26.3 Å². The van der Waals surface area contributed by atoms with Crippen LogP contribution in [0, 0.1) is 0 Å². The van der Waals surface area contributed by atoms with Crippen LogP contribution in [-0.4, -0.2) is 49.2 Å². The van der Waals surface area contributed by atoms with Crippen LogP contribution in [0.3, 0.4) is 0 Å². The van der Waals surface area contributed by atoms with Crippen molar-refractivity contribution in [3.63, 3.8) is 0 Å². The zero-order valence-corrected chi connectivity index (χ0v) is 13.0. The summed E-state index contributed by atoms with van der Waals surface area (Å²) in [4.78, 5) is 11.9. The third kappa shape index (κ3) is 3.25. The van der Waals surface area contributed by atoms with Gasteiger partial charge >= 0.3 is 5.97 Å². The van der Waals surface area contributed by atoms with E-state index in [9.17, 15) is 13.2 Å². The first-order chi connectivity index (χ1) is 10.0. The standard InChI is InChI=1S/C14H20N2O4S/c1-3-9-15-11-13(14(17)20-2)16(21(15,18)19)10-12-7-5-4-6-8-12/h4-8,13H,3,9-11H2,1-2H3/t13-/m0/s1. The molecule has 1 saturated heterocycles. The molecule has 116 valence electrons. The molecular weight excluding hydrogens is 292 g/mol. The van der Waals surface area contributed by atoms with Gasteiger partial charge in [0.1, 0.15) is 6.04 Å². The third-order valence-electron chi connectivity index (χ3n) is 3.47. The maximum Gasteiger partial charge on any atom is 0.325 e. The number of hydrogen-bond acceptors (Lipinski definition) is 4. The Morgan fingerprint density at radius 3 is 2.57 bits per heavy atom. The van der Waals surface area contributed by atoms with Gasteiger partial charge < -0.3 is 4.74 Å². The van der Waals surface area contributed by atoms with Crippen molar-refractivity contribution in [2.75, 3.05) is 20.2 Å². The summed E-state index contributed by atoms with van der Waals surface area (Å²) in [5, 5.41) is 0. The molecule has 1 aliphatic rings. The number of methoxy groups -OCH3 is 1. The van der Waals surface area contributed by atoms with Crippen LogP contribution in [0.4, 0.5) is 0 Å². The van der Waals surface area contributed by atoms with Gasteiger partial charge in [0.2, 0.25) is 0 Å². The quantitative estimate of drug-likeness (QED) is 0.761. The van der Waals surface area contributed by atoms with Gasteiger partial charge in [-0.15, -0.1) is 0 Å². The molecule has 0 N–H and O–H groups in total. The molecule has 0 aromatic heterocycles. The fourth-order valence-corrected chi connectivity index (χ4v) is 4.25. The molecule has 0 spiro atoms. The predicted octanol–water partition coefficient (Wildman–Crippen LogP) is 1.00. The van der Waals surface area contributed by atoms with Crippen molar-refractivity contribution >= 4 is 16.2 Å². The fourth-order valence-electron chi connectivity index (χ4n) is 2.43. The number of carbonyl (C=O) groups excluding carboxylic acids is 1. The summed E-state index contributed by atoms with van der Waals surface area (Å²) < 4.78 is 32.4. The van der Waals surface area contributed by atoms with Crippen molar-refractivity contribution in [1.82, 2.24) is 8.61 Å². The minimum atomic E-state index is -3.63. The van der Waals surface area contributed by atoms with Crippen molar-refractivity contribution in [3.05, 3.63) is 35.9 Å². The molecule has 0 aliphatic carbocycles. The molecule has 1 heterocycles. The lowest BCUT2D eigenvalue weighted by Gasteiger charge is -2.20. The van der Waals surface area contributed by atoms with Crippen LogP contribution in [0.25, 0.3) is 0 Å². The number of ether oxygens (including phenoxy) is 1. The van der Waals surface area contributed by atoms with Crippen LogP contribution < -0.4 is 0 Å². The van der Waals surface area contributed by atoms with Gasteiger partial charge in [0.25, 0.3) is 10.2 Å². The topological polar surface area (TPSA) is 66.9 Å². The van der Waals surface area contributed by atoms with Crippen molar-refractivity contribution in [3.8, 4) is 0 Å². The van der Waals surface area contributed by atoms with E-state index in [1.54, 1.807) is 0 Å². The third-order valence-corrected chi connectivity index (χ3v) is 5.43. The van der Waals surface area contributed by atoms with E-state index in [1.165, 1.54) is 15.7 Å². The summed E-state index contributed by atoms with van der Waals surface area (Å²) in [7, 11) is -2.35. The van der Waals surface area contributed by atoms with Crippen molar-refractivity contribution in [2.24, 2.45) is 0 Å². The Balaban J connectivity index is 2.30. The second-order valence-corrected chi connectivity index (χ2v) is 6.82. The van der Waals surface area contributed by atoms with E-state index in [1.807, 2.05) is 37.3 Å². The second-order valence-electron chi connectivity index (χ2n) is 4.94. The van der Waals surface area contributed by atoms with Gasteiger partial charge in [-0.3, -0.25) is 4.79 Å². The van der Waals surface area contributed by atoms with Crippen LogP contribution in [0.5, 0.6) is 0 Å². The van der Waals surface area contributed by atoms with E-state index < -0.39 is 22.2 Å². The maximum atomic E-state index is 12.6. The van der Waals surface area contributed by atoms with E-state index in [0.717, 1.165) is 5.56 Å². The fraction of sp³-hybridized carbons (Fsp3) is 0.500. The first kappa shape index (κ1) is 15.9. The highest BCUT2D eigenvalue weighted by Gasteiger charge is 2.47.